The number of amides is 1. The van der Waals surface area contributed by atoms with Crippen LogP contribution in [-0.2, 0) is 4.79 Å². The van der Waals surface area contributed by atoms with E-state index in [0.29, 0.717) is 22.9 Å². The van der Waals surface area contributed by atoms with Gasteiger partial charge in [-0.2, -0.15) is 11.8 Å². The van der Waals surface area contributed by atoms with E-state index in [1.165, 1.54) is 23.9 Å². The average molecular weight is 320 g/mol. The monoisotopic (exact) mass is 319 g/mol. The minimum atomic E-state index is -1.20. The number of carboxylic acid groups (broad SMARTS) is 1. The molecule has 1 aliphatic rings. The summed E-state index contributed by atoms with van der Waals surface area (Å²) in [7, 11) is 0. The Hall–Kier alpha value is -0.910. The highest BCUT2D eigenvalue weighted by Gasteiger charge is 2.43. The Bertz CT molecular complexity index is 530. The first kappa shape index (κ1) is 14.5. The molecule has 1 heterocycles. The van der Waals surface area contributed by atoms with Crippen molar-refractivity contribution in [2.75, 3.05) is 11.5 Å². The van der Waals surface area contributed by atoms with Crippen molar-refractivity contribution in [2.45, 2.75) is 12.0 Å². The maximum absolute atomic E-state index is 12.1. The lowest BCUT2D eigenvalue weighted by Crippen LogP contribution is -2.54. The van der Waals surface area contributed by atoms with Crippen LogP contribution in [-0.4, -0.2) is 34.0 Å². The number of carbonyl (C=O) groups excluding carboxylic acids is 1. The molecule has 0 bridgehead atoms. The SMILES string of the molecule is O=C(NC1(C(=O)O)CCSC1)c1ccc(Cl)cc1Cl. The summed E-state index contributed by atoms with van der Waals surface area (Å²) in [6.45, 7) is 0. The quantitative estimate of drug-likeness (QED) is 0.899. The van der Waals surface area contributed by atoms with Crippen LogP contribution >= 0.6 is 35.0 Å². The molecular weight excluding hydrogens is 309 g/mol. The predicted octanol–water partition coefficient (Wildman–Crippen LogP) is 2.68. The van der Waals surface area contributed by atoms with E-state index in [0.717, 1.165) is 0 Å². The van der Waals surface area contributed by atoms with Crippen molar-refractivity contribution in [1.82, 2.24) is 5.32 Å². The molecule has 0 aliphatic carbocycles. The molecule has 0 aromatic heterocycles. The molecule has 0 saturated carbocycles. The molecule has 0 spiro atoms. The molecule has 4 nitrogen and oxygen atoms in total. The van der Waals surface area contributed by atoms with Crippen LogP contribution in [0, 0.1) is 0 Å². The van der Waals surface area contributed by atoms with Crippen molar-refractivity contribution in [2.24, 2.45) is 0 Å². The zero-order valence-corrected chi connectivity index (χ0v) is 12.1. The van der Waals surface area contributed by atoms with Gasteiger partial charge in [-0.25, -0.2) is 4.79 Å². The topological polar surface area (TPSA) is 66.4 Å². The lowest BCUT2D eigenvalue weighted by molar-refractivity contribution is -0.143. The van der Waals surface area contributed by atoms with Crippen LogP contribution in [0.25, 0.3) is 0 Å². The lowest BCUT2D eigenvalue weighted by Gasteiger charge is -2.24. The first-order valence-electron chi connectivity index (χ1n) is 5.53. The number of benzene rings is 1. The predicted molar refractivity (Wildman–Crippen MR) is 76.2 cm³/mol. The van der Waals surface area contributed by atoms with Gasteiger partial charge in [0.25, 0.3) is 5.91 Å². The number of rotatable bonds is 3. The number of carbonyl (C=O) groups is 2. The van der Waals surface area contributed by atoms with E-state index in [-0.39, 0.29) is 10.6 Å². The molecular formula is C12H11Cl2NO3S. The van der Waals surface area contributed by atoms with E-state index in [2.05, 4.69) is 5.32 Å². The maximum Gasteiger partial charge on any atom is 0.330 e. The van der Waals surface area contributed by atoms with Crippen LogP contribution in [0.2, 0.25) is 10.0 Å². The Kier molecular flexibility index (Phi) is 4.28. The minimum Gasteiger partial charge on any atom is -0.479 e. The molecule has 1 aromatic carbocycles. The van der Waals surface area contributed by atoms with E-state index in [1.807, 2.05) is 0 Å². The summed E-state index contributed by atoms with van der Waals surface area (Å²) in [5.41, 5.74) is -0.978. The molecule has 1 fully saturated rings. The second-order valence-corrected chi connectivity index (χ2v) is 6.22. The van der Waals surface area contributed by atoms with Crippen molar-refractivity contribution >= 4 is 46.8 Å². The molecule has 1 unspecified atom stereocenters. The fourth-order valence-corrected chi connectivity index (χ4v) is 3.66. The minimum absolute atomic E-state index is 0.205. The van der Waals surface area contributed by atoms with Crippen molar-refractivity contribution < 1.29 is 14.7 Å². The lowest BCUT2D eigenvalue weighted by atomic mass is 9.98. The molecule has 19 heavy (non-hydrogen) atoms. The van der Waals surface area contributed by atoms with Gasteiger partial charge in [-0.3, -0.25) is 4.79 Å². The average Bonchev–Trinajstić information content (AvgIpc) is 2.78. The highest BCUT2D eigenvalue weighted by atomic mass is 35.5. The zero-order valence-electron chi connectivity index (χ0n) is 9.78. The molecule has 2 rings (SSSR count). The Morgan fingerprint density at radius 3 is 2.63 bits per heavy atom. The summed E-state index contributed by atoms with van der Waals surface area (Å²) in [6, 6.07) is 4.48. The van der Waals surface area contributed by atoms with Crippen molar-refractivity contribution in [3.63, 3.8) is 0 Å². The Morgan fingerprint density at radius 1 is 1.37 bits per heavy atom. The van der Waals surface area contributed by atoms with Gasteiger partial charge in [0.2, 0.25) is 0 Å². The molecule has 2 N–H and O–H groups in total. The Labute approximate surface area is 124 Å². The summed E-state index contributed by atoms with van der Waals surface area (Å²) >= 11 is 13.2. The maximum atomic E-state index is 12.1. The Balaban J connectivity index is 2.22. The van der Waals surface area contributed by atoms with Crippen LogP contribution in [0.15, 0.2) is 18.2 Å². The smallest absolute Gasteiger partial charge is 0.330 e. The zero-order chi connectivity index (χ0) is 14.0. The molecule has 1 saturated heterocycles. The third kappa shape index (κ3) is 2.99. The van der Waals surface area contributed by atoms with E-state index in [4.69, 9.17) is 23.2 Å². The van der Waals surface area contributed by atoms with Gasteiger partial charge in [0.05, 0.1) is 10.6 Å². The third-order valence-electron chi connectivity index (χ3n) is 2.96. The van der Waals surface area contributed by atoms with E-state index < -0.39 is 17.4 Å². The summed E-state index contributed by atoms with van der Waals surface area (Å²) in [4.78, 5) is 23.5. The van der Waals surface area contributed by atoms with Gasteiger partial charge >= 0.3 is 5.97 Å². The number of hydrogen-bond acceptors (Lipinski definition) is 3. The second kappa shape index (κ2) is 5.61. The second-order valence-electron chi connectivity index (χ2n) is 4.27. The highest BCUT2D eigenvalue weighted by Crippen LogP contribution is 2.29. The van der Waals surface area contributed by atoms with E-state index >= 15 is 0 Å². The fraction of sp³-hybridized carbons (Fsp3) is 0.333. The summed E-state index contributed by atoms with van der Waals surface area (Å²) in [5, 5.41) is 12.5. The van der Waals surface area contributed by atoms with Crippen LogP contribution in [0.1, 0.15) is 16.8 Å². The standard InChI is InChI=1S/C12H11Cl2NO3S/c13-7-1-2-8(9(14)5-7)10(16)15-12(11(17)18)3-4-19-6-12/h1-2,5H,3-4,6H2,(H,15,16)(H,17,18). The van der Waals surface area contributed by atoms with Gasteiger partial charge in [0, 0.05) is 10.8 Å². The largest absolute Gasteiger partial charge is 0.479 e. The summed E-state index contributed by atoms with van der Waals surface area (Å²) < 4.78 is 0. The summed E-state index contributed by atoms with van der Waals surface area (Å²) in [6.07, 6.45) is 0.407. The molecule has 1 atom stereocenters. The van der Waals surface area contributed by atoms with Crippen molar-refractivity contribution in [1.29, 1.82) is 0 Å². The van der Waals surface area contributed by atoms with Gasteiger partial charge in [0.1, 0.15) is 5.54 Å². The van der Waals surface area contributed by atoms with Gasteiger partial charge in [-0.15, -0.1) is 0 Å². The Morgan fingerprint density at radius 2 is 2.11 bits per heavy atom. The van der Waals surface area contributed by atoms with Gasteiger partial charge in [-0.05, 0) is 30.4 Å². The highest BCUT2D eigenvalue weighted by molar-refractivity contribution is 7.99. The molecule has 1 amide bonds. The number of carboxylic acids is 1. The van der Waals surface area contributed by atoms with Crippen LogP contribution in [0.5, 0.6) is 0 Å². The van der Waals surface area contributed by atoms with Crippen molar-refractivity contribution in [3.8, 4) is 0 Å². The summed E-state index contributed by atoms with van der Waals surface area (Å²) in [5.74, 6) is -0.442. The number of nitrogens with one attached hydrogen (secondary N) is 1. The van der Waals surface area contributed by atoms with Gasteiger partial charge in [0.15, 0.2) is 0 Å². The molecule has 1 aliphatic heterocycles. The van der Waals surface area contributed by atoms with E-state index in [1.54, 1.807) is 6.07 Å². The van der Waals surface area contributed by atoms with Crippen molar-refractivity contribution in [3.05, 3.63) is 33.8 Å². The number of thioether (sulfide) groups is 1. The molecule has 0 radical (unpaired) electrons. The van der Waals surface area contributed by atoms with Crippen LogP contribution < -0.4 is 5.32 Å². The normalized spacial score (nSPS) is 22.2. The van der Waals surface area contributed by atoms with Gasteiger partial charge < -0.3 is 10.4 Å². The van der Waals surface area contributed by atoms with Crippen LogP contribution in [0.3, 0.4) is 0 Å². The molecule has 7 heteroatoms. The van der Waals surface area contributed by atoms with Gasteiger partial charge in [-0.1, -0.05) is 23.2 Å². The number of halogens is 2. The fourth-order valence-electron chi connectivity index (χ4n) is 1.84. The van der Waals surface area contributed by atoms with Crippen LogP contribution in [0.4, 0.5) is 0 Å². The molecule has 102 valence electrons. The first-order valence-corrected chi connectivity index (χ1v) is 7.44. The third-order valence-corrected chi connectivity index (χ3v) is 4.70. The number of aliphatic carboxylic acids is 1. The molecule has 1 aromatic rings. The first-order chi connectivity index (χ1) is 8.94. The number of hydrogen-bond donors (Lipinski definition) is 2. The van der Waals surface area contributed by atoms with E-state index in [9.17, 15) is 14.7 Å².